The van der Waals surface area contributed by atoms with E-state index < -0.39 is 5.25 Å². The fourth-order valence-corrected chi connectivity index (χ4v) is 3.98. The first kappa shape index (κ1) is 19.7. The van der Waals surface area contributed by atoms with Crippen LogP contribution in [0, 0.1) is 6.92 Å². The average Bonchev–Trinajstić information content (AvgIpc) is 2.88. The van der Waals surface area contributed by atoms with Gasteiger partial charge in [-0.3, -0.25) is 14.5 Å². The number of anilines is 1. The Bertz CT molecular complexity index is 916. The van der Waals surface area contributed by atoms with Crippen molar-refractivity contribution in [1.29, 1.82) is 0 Å². The molecule has 0 aliphatic carbocycles. The highest BCUT2D eigenvalue weighted by Crippen LogP contribution is 2.31. The standard InChI is InChI=1S/C19H17Cl2N3O2S/c1-11-3-6-13(7-4-11)22-19-24(2)18(26)16(27-19)10-17(25)23-15-9-12(20)5-8-14(15)21/h3-9,16H,10H2,1-2H3,(H,23,25)/t16-/m1/s1. The molecule has 0 spiro atoms. The lowest BCUT2D eigenvalue weighted by Gasteiger charge is -2.10. The Morgan fingerprint density at radius 2 is 1.93 bits per heavy atom. The summed E-state index contributed by atoms with van der Waals surface area (Å²) in [6.07, 6.45) is 0.0175. The minimum atomic E-state index is -0.530. The van der Waals surface area contributed by atoms with Gasteiger partial charge in [0.15, 0.2) is 5.17 Å². The molecule has 1 aliphatic rings. The summed E-state index contributed by atoms with van der Waals surface area (Å²) in [6, 6.07) is 12.5. The number of benzene rings is 2. The Hall–Kier alpha value is -2.02. The first-order valence-electron chi connectivity index (χ1n) is 8.18. The molecule has 140 valence electrons. The molecule has 1 fully saturated rings. The molecule has 1 atom stereocenters. The van der Waals surface area contributed by atoms with E-state index >= 15 is 0 Å². The number of aliphatic imine (C=N–C) groups is 1. The number of nitrogens with zero attached hydrogens (tertiary/aromatic N) is 2. The zero-order chi connectivity index (χ0) is 19.6. The quantitative estimate of drug-likeness (QED) is 0.763. The number of hydrogen-bond donors (Lipinski definition) is 1. The second-order valence-corrected chi connectivity index (χ2v) is 8.12. The van der Waals surface area contributed by atoms with Crippen molar-refractivity contribution in [3.63, 3.8) is 0 Å². The number of halogens is 2. The van der Waals surface area contributed by atoms with Crippen molar-refractivity contribution in [2.45, 2.75) is 18.6 Å². The van der Waals surface area contributed by atoms with Crippen LogP contribution in [0.3, 0.4) is 0 Å². The first-order chi connectivity index (χ1) is 12.8. The lowest BCUT2D eigenvalue weighted by Crippen LogP contribution is -2.30. The van der Waals surface area contributed by atoms with Crippen LogP contribution in [0.4, 0.5) is 11.4 Å². The van der Waals surface area contributed by atoms with Gasteiger partial charge in [0.05, 0.1) is 16.4 Å². The number of amidine groups is 1. The summed E-state index contributed by atoms with van der Waals surface area (Å²) in [5.74, 6) is -0.465. The predicted octanol–water partition coefficient (Wildman–Crippen LogP) is 4.89. The molecule has 0 saturated carbocycles. The van der Waals surface area contributed by atoms with Crippen molar-refractivity contribution in [2.24, 2.45) is 4.99 Å². The molecule has 27 heavy (non-hydrogen) atoms. The highest BCUT2D eigenvalue weighted by Gasteiger charge is 2.37. The molecule has 1 N–H and O–H groups in total. The molecule has 1 aliphatic heterocycles. The summed E-state index contributed by atoms with van der Waals surface area (Å²) in [4.78, 5) is 30.8. The average molecular weight is 422 g/mol. The van der Waals surface area contributed by atoms with E-state index in [-0.39, 0.29) is 18.2 Å². The van der Waals surface area contributed by atoms with Crippen LogP contribution in [0.15, 0.2) is 47.5 Å². The van der Waals surface area contributed by atoms with E-state index in [1.807, 2.05) is 31.2 Å². The van der Waals surface area contributed by atoms with Gasteiger partial charge in [-0.15, -0.1) is 0 Å². The number of rotatable bonds is 4. The summed E-state index contributed by atoms with van der Waals surface area (Å²) < 4.78 is 0. The third-order valence-electron chi connectivity index (χ3n) is 3.97. The summed E-state index contributed by atoms with van der Waals surface area (Å²) >= 11 is 13.3. The molecular weight excluding hydrogens is 405 g/mol. The van der Waals surface area contributed by atoms with Crippen LogP contribution < -0.4 is 5.32 Å². The maximum Gasteiger partial charge on any atom is 0.242 e. The van der Waals surface area contributed by atoms with E-state index in [4.69, 9.17) is 23.2 Å². The first-order valence-corrected chi connectivity index (χ1v) is 9.81. The number of nitrogens with one attached hydrogen (secondary N) is 1. The topological polar surface area (TPSA) is 61.8 Å². The monoisotopic (exact) mass is 421 g/mol. The second kappa shape index (κ2) is 8.33. The molecule has 0 bridgehead atoms. The minimum Gasteiger partial charge on any atom is -0.325 e. The maximum absolute atomic E-state index is 12.5. The van der Waals surface area contributed by atoms with E-state index in [1.165, 1.54) is 16.7 Å². The zero-order valence-corrected chi connectivity index (χ0v) is 17.0. The normalized spacial score (nSPS) is 18.2. The highest BCUT2D eigenvalue weighted by molar-refractivity contribution is 8.15. The van der Waals surface area contributed by atoms with Crippen LogP contribution in [0.1, 0.15) is 12.0 Å². The Labute approximate surface area is 171 Å². The van der Waals surface area contributed by atoms with E-state index in [0.29, 0.717) is 20.9 Å². The van der Waals surface area contributed by atoms with Crippen molar-refractivity contribution in [2.75, 3.05) is 12.4 Å². The molecule has 8 heteroatoms. The minimum absolute atomic E-state index is 0.0175. The summed E-state index contributed by atoms with van der Waals surface area (Å²) in [7, 11) is 1.66. The maximum atomic E-state index is 12.5. The number of thioether (sulfide) groups is 1. The number of aryl methyl sites for hydroxylation is 1. The van der Waals surface area contributed by atoms with Crippen molar-refractivity contribution in [3.05, 3.63) is 58.1 Å². The van der Waals surface area contributed by atoms with Crippen molar-refractivity contribution < 1.29 is 9.59 Å². The smallest absolute Gasteiger partial charge is 0.242 e. The van der Waals surface area contributed by atoms with Crippen molar-refractivity contribution >= 4 is 63.3 Å². The van der Waals surface area contributed by atoms with Crippen LogP contribution in [-0.2, 0) is 9.59 Å². The van der Waals surface area contributed by atoms with Crippen LogP contribution in [0.5, 0.6) is 0 Å². The summed E-state index contributed by atoms with van der Waals surface area (Å²) in [6.45, 7) is 2.00. The van der Waals surface area contributed by atoms with Gasteiger partial charge in [-0.1, -0.05) is 52.7 Å². The second-order valence-electron chi connectivity index (χ2n) is 6.11. The number of carbonyl (C=O) groups is 2. The lowest BCUT2D eigenvalue weighted by molar-refractivity contribution is -0.127. The van der Waals surface area contributed by atoms with Gasteiger partial charge in [-0.25, -0.2) is 4.99 Å². The third kappa shape index (κ3) is 4.83. The molecule has 3 rings (SSSR count). The van der Waals surface area contributed by atoms with Gasteiger partial charge < -0.3 is 5.32 Å². The van der Waals surface area contributed by atoms with Crippen LogP contribution in [0.2, 0.25) is 10.0 Å². The Kier molecular flexibility index (Phi) is 6.09. The predicted molar refractivity (Wildman–Crippen MR) is 112 cm³/mol. The van der Waals surface area contributed by atoms with E-state index in [9.17, 15) is 9.59 Å². The van der Waals surface area contributed by atoms with Gasteiger partial charge in [0.1, 0.15) is 5.25 Å². The lowest BCUT2D eigenvalue weighted by atomic mass is 10.2. The molecular formula is C19H17Cl2N3O2S. The number of amides is 2. The van der Waals surface area contributed by atoms with Crippen LogP contribution in [0.25, 0.3) is 0 Å². The van der Waals surface area contributed by atoms with Crippen molar-refractivity contribution in [1.82, 2.24) is 4.90 Å². The van der Waals surface area contributed by atoms with E-state index in [1.54, 1.807) is 25.2 Å². The Morgan fingerprint density at radius 3 is 2.63 bits per heavy atom. The fraction of sp³-hybridized carbons (Fsp3) is 0.211. The highest BCUT2D eigenvalue weighted by atomic mass is 35.5. The largest absolute Gasteiger partial charge is 0.325 e. The number of carbonyl (C=O) groups excluding carboxylic acids is 2. The third-order valence-corrected chi connectivity index (χ3v) is 5.77. The van der Waals surface area contributed by atoms with Crippen LogP contribution >= 0.6 is 35.0 Å². The van der Waals surface area contributed by atoms with Gasteiger partial charge >= 0.3 is 0 Å². The van der Waals surface area contributed by atoms with Gasteiger partial charge in [0, 0.05) is 18.5 Å². The fourth-order valence-electron chi connectivity index (χ4n) is 2.49. The molecule has 0 radical (unpaired) electrons. The zero-order valence-electron chi connectivity index (χ0n) is 14.7. The molecule has 0 aromatic heterocycles. The summed E-state index contributed by atoms with van der Waals surface area (Å²) in [5, 5.41) is 3.60. The molecule has 1 saturated heterocycles. The SMILES string of the molecule is Cc1ccc(N=C2S[C@H](CC(=O)Nc3cc(Cl)ccc3Cl)C(=O)N2C)cc1. The molecule has 2 amide bonds. The molecule has 0 unspecified atom stereocenters. The molecule has 1 heterocycles. The van der Waals surface area contributed by atoms with Gasteiger partial charge in [0.25, 0.3) is 0 Å². The van der Waals surface area contributed by atoms with Gasteiger partial charge in [-0.05, 0) is 37.3 Å². The number of hydrogen-bond acceptors (Lipinski definition) is 4. The Balaban J connectivity index is 1.68. The Morgan fingerprint density at radius 1 is 1.22 bits per heavy atom. The van der Waals surface area contributed by atoms with Gasteiger partial charge in [-0.2, -0.15) is 0 Å². The van der Waals surface area contributed by atoms with Gasteiger partial charge in [0.2, 0.25) is 11.8 Å². The van der Waals surface area contributed by atoms with E-state index in [0.717, 1.165) is 11.3 Å². The van der Waals surface area contributed by atoms with Crippen molar-refractivity contribution in [3.8, 4) is 0 Å². The molecule has 2 aromatic carbocycles. The van der Waals surface area contributed by atoms with Crippen LogP contribution in [-0.4, -0.2) is 34.2 Å². The van der Waals surface area contributed by atoms with E-state index in [2.05, 4.69) is 10.3 Å². The molecule has 5 nitrogen and oxygen atoms in total. The molecule has 2 aromatic rings. The summed E-state index contributed by atoms with van der Waals surface area (Å²) in [5.41, 5.74) is 2.32.